The quantitative estimate of drug-likeness (QED) is 0.941. The highest BCUT2D eigenvalue weighted by Gasteiger charge is 2.42. The Hall–Kier alpha value is -2.04. The maximum absolute atomic E-state index is 9.86. The molecule has 0 spiro atoms. The van der Waals surface area contributed by atoms with Crippen molar-refractivity contribution in [2.75, 3.05) is 32.1 Å². The molecule has 4 nitrogen and oxygen atoms in total. The monoisotopic (exact) mass is 324 g/mol. The molecule has 126 valence electrons. The number of aliphatic hydroxyl groups is 1. The van der Waals surface area contributed by atoms with E-state index >= 15 is 0 Å². The van der Waals surface area contributed by atoms with E-state index in [9.17, 15) is 5.11 Å². The van der Waals surface area contributed by atoms with Crippen LogP contribution < -0.4 is 9.64 Å². The third-order valence-electron chi connectivity index (χ3n) is 5.53. The molecule has 0 aromatic heterocycles. The molecule has 2 atom stereocenters. The summed E-state index contributed by atoms with van der Waals surface area (Å²) in [6.45, 7) is 2.02. The molecule has 0 bridgehead atoms. The van der Waals surface area contributed by atoms with E-state index in [1.54, 1.807) is 7.11 Å². The van der Waals surface area contributed by atoms with Crippen molar-refractivity contribution in [1.82, 2.24) is 4.90 Å². The number of likely N-dealkylation sites (N-methyl/N-ethyl adjacent to an activating group) is 1. The Morgan fingerprint density at radius 1 is 1.17 bits per heavy atom. The van der Waals surface area contributed by atoms with Crippen LogP contribution in [0, 0.1) is 0 Å². The largest absolute Gasteiger partial charge is 0.497 e. The Morgan fingerprint density at radius 3 is 2.79 bits per heavy atom. The van der Waals surface area contributed by atoms with Gasteiger partial charge in [0, 0.05) is 30.4 Å². The van der Waals surface area contributed by atoms with Crippen LogP contribution >= 0.6 is 0 Å². The van der Waals surface area contributed by atoms with Crippen LogP contribution in [-0.4, -0.2) is 43.3 Å². The van der Waals surface area contributed by atoms with Crippen LogP contribution in [-0.2, 0) is 13.0 Å². The van der Waals surface area contributed by atoms with Crippen LogP contribution in [0.1, 0.15) is 22.7 Å². The maximum atomic E-state index is 9.86. The number of hydrogen-bond acceptors (Lipinski definition) is 4. The van der Waals surface area contributed by atoms with Gasteiger partial charge in [0.05, 0.1) is 19.8 Å². The molecule has 0 unspecified atom stereocenters. The smallest absolute Gasteiger partial charge is 0.119 e. The number of nitrogens with zero attached hydrogens (tertiary/aromatic N) is 2. The van der Waals surface area contributed by atoms with Crippen molar-refractivity contribution >= 4 is 5.69 Å². The summed E-state index contributed by atoms with van der Waals surface area (Å²) in [5.74, 6) is 0.792. The predicted octanol–water partition coefficient (Wildman–Crippen LogP) is 2.61. The van der Waals surface area contributed by atoms with Crippen LogP contribution in [0.15, 0.2) is 42.5 Å². The van der Waals surface area contributed by atoms with Gasteiger partial charge in [-0.2, -0.15) is 0 Å². The number of hydrogen-bond donors (Lipinski definition) is 1. The Morgan fingerprint density at radius 2 is 2.00 bits per heavy atom. The third-order valence-corrected chi connectivity index (χ3v) is 5.53. The van der Waals surface area contributed by atoms with E-state index in [0.717, 1.165) is 36.5 Å². The van der Waals surface area contributed by atoms with Gasteiger partial charge in [0.1, 0.15) is 5.75 Å². The van der Waals surface area contributed by atoms with Crippen molar-refractivity contribution in [2.24, 2.45) is 0 Å². The van der Waals surface area contributed by atoms with Gasteiger partial charge in [0.25, 0.3) is 0 Å². The standard InChI is InChI=1S/C20H24N2O2/c1-21-9-10-22(18-8-7-16(24-2)11-15(18)13-23)20-17-6-4-3-5-14(17)12-19(20)21/h3-8,11,19-20,23H,9-10,12-13H2,1-2H3/t19-,20-/m1/s1. The highest BCUT2D eigenvalue weighted by atomic mass is 16.5. The minimum absolute atomic E-state index is 0.0257. The van der Waals surface area contributed by atoms with Crippen molar-refractivity contribution in [1.29, 1.82) is 0 Å². The third kappa shape index (κ3) is 2.38. The summed E-state index contributed by atoms with van der Waals surface area (Å²) >= 11 is 0. The van der Waals surface area contributed by atoms with E-state index < -0.39 is 0 Å². The number of benzene rings is 2. The SMILES string of the molecule is COc1ccc(N2CCN(C)[C@@H]3Cc4ccccc4[C@H]32)c(CO)c1. The lowest BCUT2D eigenvalue weighted by atomic mass is 9.99. The van der Waals surface area contributed by atoms with E-state index in [2.05, 4.69) is 47.2 Å². The molecule has 0 radical (unpaired) electrons. The lowest BCUT2D eigenvalue weighted by Crippen LogP contribution is -2.52. The van der Waals surface area contributed by atoms with Gasteiger partial charge in [-0.25, -0.2) is 0 Å². The number of ether oxygens (including phenoxy) is 1. The fraction of sp³-hybridized carbons (Fsp3) is 0.400. The fourth-order valence-corrected chi connectivity index (χ4v) is 4.26. The van der Waals surface area contributed by atoms with Crippen LogP contribution in [0.5, 0.6) is 5.75 Å². The molecular weight excluding hydrogens is 300 g/mol. The molecule has 0 saturated carbocycles. The molecule has 1 N–H and O–H groups in total. The molecule has 4 heteroatoms. The first-order valence-corrected chi connectivity index (χ1v) is 8.55. The zero-order valence-electron chi connectivity index (χ0n) is 14.3. The van der Waals surface area contributed by atoms with Gasteiger partial charge < -0.3 is 14.7 Å². The zero-order chi connectivity index (χ0) is 16.7. The lowest BCUT2D eigenvalue weighted by molar-refractivity contribution is 0.185. The number of piperazine rings is 1. The number of fused-ring (bicyclic) bond motifs is 3. The van der Waals surface area contributed by atoms with E-state index in [1.807, 2.05) is 12.1 Å². The van der Waals surface area contributed by atoms with Crippen molar-refractivity contribution in [2.45, 2.75) is 25.1 Å². The molecule has 1 saturated heterocycles. The lowest BCUT2D eigenvalue weighted by Gasteiger charge is -2.45. The first kappa shape index (κ1) is 15.5. The number of aliphatic hydroxyl groups excluding tert-OH is 1. The number of anilines is 1. The topological polar surface area (TPSA) is 35.9 Å². The van der Waals surface area contributed by atoms with Gasteiger partial charge in [-0.15, -0.1) is 0 Å². The Labute approximate surface area is 143 Å². The van der Waals surface area contributed by atoms with Gasteiger partial charge in [0.15, 0.2) is 0 Å². The van der Waals surface area contributed by atoms with Crippen LogP contribution in [0.25, 0.3) is 0 Å². The van der Waals surface area contributed by atoms with E-state index in [-0.39, 0.29) is 6.61 Å². The molecule has 2 aromatic rings. The summed E-state index contributed by atoms with van der Waals surface area (Å²) < 4.78 is 5.32. The summed E-state index contributed by atoms with van der Waals surface area (Å²) in [5.41, 5.74) is 4.93. The van der Waals surface area contributed by atoms with Gasteiger partial charge in [-0.1, -0.05) is 24.3 Å². The second kappa shape index (κ2) is 6.11. The van der Waals surface area contributed by atoms with Crippen molar-refractivity contribution < 1.29 is 9.84 Å². The minimum Gasteiger partial charge on any atom is -0.497 e. The first-order chi connectivity index (χ1) is 11.7. The first-order valence-electron chi connectivity index (χ1n) is 8.55. The summed E-state index contributed by atoms with van der Waals surface area (Å²) in [7, 11) is 3.89. The van der Waals surface area contributed by atoms with Crippen LogP contribution in [0.3, 0.4) is 0 Å². The molecule has 4 rings (SSSR count). The average molecular weight is 324 g/mol. The van der Waals surface area contributed by atoms with Crippen molar-refractivity contribution in [3.63, 3.8) is 0 Å². The molecular formula is C20H24N2O2. The van der Waals surface area contributed by atoms with E-state index in [1.165, 1.54) is 11.1 Å². The zero-order valence-corrected chi connectivity index (χ0v) is 14.3. The molecule has 2 aromatic carbocycles. The summed E-state index contributed by atoms with van der Waals surface area (Å²) in [6, 6.07) is 15.6. The highest BCUT2D eigenvalue weighted by molar-refractivity contribution is 5.60. The maximum Gasteiger partial charge on any atom is 0.119 e. The molecule has 24 heavy (non-hydrogen) atoms. The van der Waals surface area contributed by atoms with Gasteiger partial charge >= 0.3 is 0 Å². The summed E-state index contributed by atoms with van der Waals surface area (Å²) in [5, 5.41) is 9.86. The van der Waals surface area contributed by atoms with Crippen molar-refractivity contribution in [3.8, 4) is 5.75 Å². The molecule has 1 aliphatic heterocycles. The predicted molar refractivity (Wildman–Crippen MR) is 95.6 cm³/mol. The van der Waals surface area contributed by atoms with Crippen molar-refractivity contribution in [3.05, 3.63) is 59.2 Å². The molecule has 0 amide bonds. The summed E-state index contributed by atoms with van der Waals surface area (Å²) in [4.78, 5) is 4.95. The fourth-order valence-electron chi connectivity index (χ4n) is 4.26. The molecule has 1 aliphatic carbocycles. The minimum atomic E-state index is 0.0257. The Kier molecular flexibility index (Phi) is 3.94. The molecule has 1 fully saturated rings. The number of rotatable bonds is 3. The molecule has 2 aliphatic rings. The average Bonchev–Trinajstić information content (AvgIpc) is 3.02. The summed E-state index contributed by atoms with van der Waals surface area (Å²) in [6.07, 6.45) is 1.10. The number of methoxy groups -OCH3 is 1. The van der Waals surface area contributed by atoms with Gasteiger partial charge in [-0.3, -0.25) is 4.90 Å². The van der Waals surface area contributed by atoms with Crippen LogP contribution in [0.2, 0.25) is 0 Å². The normalized spacial score (nSPS) is 23.0. The second-order valence-corrected chi connectivity index (χ2v) is 6.74. The highest BCUT2D eigenvalue weighted by Crippen LogP contribution is 2.43. The molecule has 1 heterocycles. The van der Waals surface area contributed by atoms with Gasteiger partial charge in [0.2, 0.25) is 0 Å². The Bertz CT molecular complexity index is 746. The Balaban J connectivity index is 1.78. The van der Waals surface area contributed by atoms with E-state index in [4.69, 9.17) is 4.74 Å². The van der Waals surface area contributed by atoms with Crippen LogP contribution in [0.4, 0.5) is 5.69 Å². The van der Waals surface area contributed by atoms with Gasteiger partial charge in [-0.05, 0) is 42.8 Å². The second-order valence-electron chi connectivity index (χ2n) is 6.74. The van der Waals surface area contributed by atoms with E-state index in [0.29, 0.717) is 12.1 Å².